The lowest BCUT2D eigenvalue weighted by atomic mass is 10.1. The smallest absolute Gasteiger partial charge is 0.123 e. The largest absolute Gasteiger partial charge is 0.507 e. The number of aryl methyl sites for hydroxylation is 1. The van der Waals surface area contributed by atoms with Crippen LogP contribution in [0.1, 0.15) is 24.5 Å². The minimum atomic E-state index is 0.161. The molecule has 0 heterocycles. The molecule has 1 unspecified atom stereocenters. The standard InChI is InChI=1S/C12H18ClNO2/c1-8-5-11(13)6-10(12(8)16)7-14-9(2)3-4-15/h5-6,9,14-16H,3-4,7H2,1-2H3. The molecule has 0 fully saturated rings. The van der Waals surface area contributed by atoms with Crippen LogP contribution in [0, 0.1) is 6.92 Å². The van der Waals surface area contributed by atoms with Gasteiger partial charge in [0.2, 0.25) is 0 Å². The van der Waals surface area contributed by atoms with Gasteiger partial charge in [-0.15, -0.1) is 0 Å². The number of hydrogen-bond donors (Lipinski definition) is 3. The van der Waals surface area contributed by atoms with E-state index in [0.29, 0.717) is 18.0 Å². The molecule has 1 rings (SSSR count). The molecule has 0 radical (unpaired) electrons. The lowest BCUT2D eigenvalue weighted by Gasteiger charge is -2.14. The van der Waals surface area contributed by atoms with Crippen LogP contribution in [0.15, 0.2) is 12.1 Å². The number of phenols is 1. The number of hydrogen-bond acceptors (Lipinski definition) is 3. The molecular formula is C12H18ClNO2. The van der Waals surface area contributed by atoms with Crippen LogP contribution in [0.3, 0.4) is 0 Å². The fourth-order valence-corrected chi connectivity index (χ4v) is 1.81. The van der Waals surface area contributed by atoms with E-state index in [1.54, 1.807) is 12.1 Å². The lowest BCUT2D eigenvalue weighted by molar-refractivity contribution is 0.268. The number of aliphatic hydroxyl groups is 1. The van der Waals surface area contributed by atoms with E-state index < -0.39 is 0 Å². The topological polar surface area (TPSA) is 52.5 Å². The Hall–Kier alpha value is -0.770. The summed E-state index contributed by atoms with van der Waals surface area (Å²) in [5.74, 6) is 0.285. The van der Waals surface area contributed by atoms with Gasteiger partial charge in [0.1, 0.15) is 5.75 Å². The van der Waals surface area contributed by atoms with Gasteiger partial charge in [0.25, 0.3) is 0 Å². The average Bonchev–Trinajstić information content (AvgIpc) is 2.21. The van der Waals surface area contributed by atoms with E-state index in [2.05, 4.69) is 5.32 Å². The maximum absolute atomic E-state index is 9.82. The predicted molar refractivity (Wildman–Crippen MR) is 65.9 cm³/mol. The molecule has 1 atom stereocenters. The number of aromatic hydroxyl groups is 1. The molecule has 3 nitrogen and oxygen atoms in total. The second kappa shape index (κ2) is 6.09. The summed E-state index contributed by atoms with van der Waals surface area (Å²) in [6, 6.07) is 3.70. The van der Waals surface area contributed by atoms with E-state index in [1.165, 1.54) is 0 Å². The number of aliphatic hydroxyl groups excluding tert-OH is 1. The van der Waals surface area contributed by atoms with Crippen LogP contribution in [0.25, 0.3) is 0 Å². The summed E-state index contributed by atoms with van der Waals surface area (Å²) in [5.41, 5.74) is 1.56. The van der Waals surface area contributed by atoms with Crippen LogP contribution < -0.4 is 5.32 Å². The van der Waals surface area contributed by atoms with Gasteiger partial charge in [-0.2, -0.15) is 0 Å². The van der Waals surface area contributed by atoms with Crippen molar-refractivity contribution in [2.75, 3.05) is 6.61 Å². The van der Waals surface area contributed by atoms with Crippen LogP contribution >= 0.6 is 11.6 Å². The van der Waals surface area contributed by atoms with Crippen LogP contribution in [0.4, 0.5) is 0 Å². The van der Waals surface area contributed by atoms with E-state index in [1.807, 2.05) is 13.8 Å². The zero-order valence-corrected chi connectivity index (χ0v) is 10.4. The van der Waals surface area contributed by atoms with Gasteiger partial charge in [0, 0.05) is 29.8 Å². The monoisotopic (exact) mass is 243 g/mol. The van der Waals surface area contributed by atoms with Crippen LogP contribution in [-0.2, 0) is 6.54 Å². The van der Waals surface area contributed by atoms with Crippen LogP contribution in [-0.4, -0.2) is 22.9 Å². The van der Waals surface area contributed by atoms with Crippen molar-refractivity contribution in [2.24, 2.45) is 0 Å². The summed E-state index contributed by atoms with van der Waals surface area (Å²) in [5, 5.41) is 22.4. The van der Waals surface area contributed by atoms with Crippen LogP contribution in [0.5, 0.6) is 5.75 Å². The first-order valence-corrected chi connectivity index (χ1v) is 5.74. The molecule has 1 aromatic rings. The fourth-order valence-electron chi connectivity index (χ4n) is 1.52. The average molecular weight is 244 g/mol. The molecule has 0 bridgehead atoms. The Kier molecular flexibility index (Phi) is 5.06. The van der Waals surface area contributed by atoms with Crippen molar-refractivity contribution in [3.8, 4) is 5.75 Å². The highest BCUT2D eigenvalue weighted by atomic mass is 35.5. The summed E-state index contributed by atoms with van der Waals surface area (Å²) in [6.07, 6.45) is 0.695. The Morgan fingerprint density at radius 3 is 2.75 bits per heavy atom. The Morgan fingerprint density at radius 2 is 2.12 bits per heavy atom. The molecule has 0 aromatic heterocycles. The number of halogens is 1. The lowest BCUT2D eigenvalue weighted by Crippen LogP contribution is -2.26. The van der Waals surface area contributed by atoms with Crippen molar-refractivity contribution in [3.05, 3.63) is 28.3 Å². The van der Waals surface area contributed by atoms with Crippen molar-refractivity contribution >= 4 is 11.6 Å². The molecule has 0 amide bonds. The van der Waals surface area contributed by atoms with Gasteiger partial charge in [-0.3, -0.25) is 0 Å². The van der Waals surface area contributed by atoms with Gasteiger partial charge >= 0.3 is 0 Å². The summed E-state index contributed by atoms with van der Waals surface area (Å²) < 4.78 is 0. The van der Waals surface area contributed by atoms with Gasteiger partial charge in [0.15, 0.2) is 0 Å². The van der Waals surface area contributed by atoms with Gasteiger partial charge in [-0.1, -0.05) is 11.6 Å². The predicted octanol–water partition coefficient (Wildman–Crippen LogP) is 2.21. The zero-order chi connectivity index (χ0) is 12.1. The zero-order valence-electron chi connectivity index (χ0n) is 9.63. The van der Waals surface area contributed by atoms with Crippen molar-refractivity contribution in [3.63, 3.8) is 0 Å². The summed E-state index contributed by atoms with van der Waals surface area (Å²) in [4.78, 5) is 0. The normalized spacial score (nSPS) is 12.8. The number of phenolic OH excluding ortho intramolecular Hbond substituents is 1. The third-order valence-electron chi connectivity index (χ3n) is 2.55. The molecule has 0 aliphatic carbocycles. The fraction of sp³-hybridized carbons (Fsp3) is 0.500. The molecule has 0 saturated carbocycles. The van der Waals surface area contributed by atoms with Gasteiger partial charge in [-0.25, -0.2) is 0 Å². The molecule has 0 aliphatic rings. The second-order valence-corrected chi connectivity index (χ2v) is 4.46. The highest BCUT2D eigenvalue weighted by molar-refractivity contribution is 6.30. The molecule has 0 aliphatic heterocycles. The van der Waals surface area contributed by atoms with Crippen molar-refractivity contribution in [2.45, 2.75) is 32.9 Å². The first-order valence-electron chi connectivity index (χ1n) is 5.36. The SMILES string of the molecule is Cc1cc(Cl)cc(CNC(C)CCO)c1O. The molecule has 3 N–H and O–H groups in total. The first-order chi connectivity index (χ1) is 7.54. The molecule has 0 saturated heterocycles. The maximum atomic E-state index is 9.82. The molecule has 90 valence electrons. The molecule has 16 heavy (non-hydrogen) atoms. The summed E-state index contributed by atoms with van der Waals surface area (Å²) in [7, 11) is 0. The third-order valence-corrected chi connectivity index (χ3v) is 2.77. The van der Waals surface area contributed by atoms with Crippen molar-refractivity contribution in [1.29, 1.82) is 0 Å². The summed E-state index contributed by atoms with van der Waals surface area (Å²) in [6.45, 7) is 4.52. The number of benzene rings is 1. The van der Waals surface area contributed by atoms with E-state index >= 15 is 0 Å². The summed E-state index contributed by atoms with van der Waals surface area (Å²) >= 11 is 5.92. The van der Waals surface area contributed by atoms with Crippen LogP contribution in [0.2, 0.25) is 5.02 Å². The Bertz CT molecular complexity index is 355. The quantitative estimate of drug-likeness (QED) is 0.743. The number of nitrogens with one attached hydrogen (secondary N) is 1. The molecular weight excluding hydrogens is 226 g/mol. The second-order valence-electron chi connectivity index (χ2n) is 4.02. The van der Waals surface area contributed by atoms with E-state index in [-0.39, 0.29) is 18.4 Å². The Labute approximate surface area is 101 Å². The van der Waals surface area contributed by atoms with Gasteiger partial charge < -0.3 is 15.5 Å². The van der Waals surface area contributed by atoms with Gasteiger partial charge in [0.05, 0.1) is 0 Å². The maximum Gasteiger partial charge on any atom is 0.123 e. The minimum Gasteiger partial charge on any atom is -0.507 e. The first kappa shape index (κ1) is 13.3. The van der Waals surface area contributed by atoms with Crippen molar-refractivity contribution < 1.29 is 10.2 Å². The van der Waals surface area contributed by atoms with E-state index in [9.17, 15) is 5.11 Å². The highest BCUT2D eigenvalue weighted by Crippen LogP contribution is 2.26. The highest BCUT2D eigenvalue weighted by Gasteiger charge is 2.07. The van der Waals surface area contributed by atoms with Gasteiger partial charge in [-0.05, 0) is 38.0 Å². The van der Waals surface area contributed by atoms with E-state index in [0.717, 1.165) is 11.1 Å². The molecule has 0 spiro atoms. The Balaban J connectivity index is 2.66. The molecule has 1 aromatic carbocycles. The Morgan fingerprint density at radius 1 is 1.44 bits per heavy atom. The van der Waals surface area contributed by atoms with Crippen molar-refractivity contribution in [1.82, 2.24) is 5.32 Å². The molecule has 4 heteroatoms. The minimum absolute atomic E-state index is 0.161. The van der Waals surface area contributed by atoms with E-state index in [4.69, 9.17) is 16.7 Å². The number of rotatable bonds is 5. The third kappa shape index (κ3) is 3.67.